The molecule has 0 saturated carbocycles. The van der Waals surface area contributed by atoms with Gasteiger partial charge in [-0.15, -0.1) is 0 Å². The normalized spacial score (nSPS) is 6.75. The molecule has 0 heterocycles. The van der Waals surface area contributed by atoms with Crippen LogP contribution in [0.25, 0.3) is 0 Å². The summed E-state index contributed by atoms with van der Waals surface area (Å²) in [5.74, 6) is 0. The molecule has 54 valence electrons. The lowest BCUT2D eigenvalue weighted by Gasteiger charge is -1.89. The zero-order chi connectivity index (χ0) is 6.28. The van der Waals surface area contributed by atoms with Crippen LogP contribution < -0.4 is 20.1 Å². The van der Waals surface area contributed by atoms with Gasteiger partial charge in [-0.05, 0) is 6.92 Å². The van der Waals surface area contributed by atoms with Gasteiger partial charge in [0.2, 0.25) is 0 Å². The van der Waals surface area contributed by atoms with Crippen LogP contribution in [0.4, 0.5) is 0 Å². The summed E-state index contributed by atoms with van der Waals surface area (Å²) in [6.45, 7) is 1.93. The van der Waals surface area contributed by atoms with Crippen molar-refractivity contribution in [2.24, 2.45) is 0 Å². The van der Waals surface area contributed by atoms with Gasteiger partial charge in [0.25, 0.3) is 0 Å². The van der Waals surface area contributed by atoms with Crippen molar-refractivity contribution < 1.29 is 29.9 Å². The van der Waals surface area contributed by atoms with Gasteiger partial charge in [-0.25, -0.2) is 0 Å². The van der Waals surface area contributed by atoms with Gasteiger partial charge in [0, 0.05) is 6.61 Å². The second-order valence-electron chi connectivity index (χ2n) is 0.505. The maximum absolute atomic E-state index is 8.41. The molecule has 0 bridgehead atoms. The number of rotatable bonds is 0. The van der Waals surface area contributed by atoms with Crippen LogP contribution in [-0.2, 0) is 0 Å². The van der Waals surface area contributed by atoms with E-state index in [1.165, 1.54) is 0 Å². The molecule has 8 heavy (non-hydrogen) atoms. The van der Waals surface area contributed by atoms with Crippen LogP contribution in [0.3, 0.4) is 0 Å². The van der Waals surface area contributed by atoms with Crippen molar-refractivity contribution in [1.82, 2.24) is 6.15 Å². The van der Waals surface area contributed by atoms with Crippen LogP contribution in [0.1, 0.15) is 6.92 Å². The van der Waals surface area contributed by atoms with Crippen molar-refractivity contribution in [3.63, 3.8) is 0 Å². The SMILES string of the molecule is CCO.[NH4+].[O-][Cl+2]([O-])[O-]. The Labute approximate surface area is 50.6 Å². The zero-order valence-electron chi connectivity index (χ0n) is 4.76. The molecule has 0 aliphatic carbocycles. The monoisotopic (exact) mass is 147 g/mol. The predicted octanol–water partition coefficient (Wildman–Crippen LogP) is -3.19. The first-order valence-corrected chi connectivity index (χ1v) is 2.41. The number of hydrogen-bond acceptors (Lipinski definition) is 4. The van der Waals surface area contributed by atoms with Gasteiger partial charge in [-0.2, -0.15) is 0 Å². The van der Waals surface area contributed by atoms with E-state index in [0.717, 1.165) is 0 Å². The lowest BCUT2D eigenvalue weighted by atomic mass is 10.9. The quantitative estimate of drug-likeness (QED) is 0.374. The second kappa shape index (κ2) is 15.7. The molecular formula is C2H10ClNO4. The molecule has 0 aliphatic rings. The molecule has 0 aliphatic heterocycles. The van der Waals surface area contributed by atoms with Gasteiger partial charge < -0.3 is 25.2 Å². The van der Waals surface area contributed by atoms with Crippen molar-refractivity contribution in [3.05, 3.63) is 0 Å². The first kappa shape index (κ1) is 15.7. The largest absolute Gasteiger partial charge is 0.397 e. The number of aliphatic hydroxyl groups is 1. The Bertz CT molecular complexity index is 25.2. The molecule has 5 nitrogen and oxygen atoms in total. The number of hydrogen-bond donors (Lipinski definition) is 2. The molecule has 0 amide bonds. The number of aliphatic hydroxyl groups excluding tert-OH is 1. The number of quaternary nitrogens is 1. The third-order valence-corrected chi connectivity index (χ3v) is 0. The average molecular weight is 148 g/mol. The Morgan fingerprint density at radius 2 is 1.38 bits per heavy atom. The van der Waals surface area contributed by atoms with E-state index in [0.29, 0.717) is 0 Å². The summed E-state index contributed by atoms with van der Waals surface area (Å²) in [7, 11) is -2.85. The van der Waals surface area contributed by atoms with Crippen LogP contribution in [0, 0.1) is 10.8 Å². The molecule has 0 saturated heterocycles. The molecule has 5 N–H and O–H groups in total. The fourth-order valence-electron chi connectivity index (χ4n) is 0. The van der Waals surface area contributed by atoms with E-state index in [4.69, 9.17) is 19.1 Å². The van der Waals surface area contributed by atoms with Crippen LogP contribution in [0.2, 0.25) is 0 Å². The summed E-state index contributed by atoms with van der Waals surface area (Å²) in [6, 6.07) is 0. The fourth-order valence-corrected chi connectivity index (χ4v) is 0. The molecule has 0 aromatic carbocycles. The molecule has 0 atom stereocenters. The molecule has 0 spiro atoms. The third kappa shape index (κ3) is 19500. The summed E-state index contributed by atoms with van der Waals surface area (Å²) in [6.07, 6.45) is 0. The van der Waals surface area contributed by atoms with E-state index in [9.17, 15) is 0 Å². The van der Waals surface area contributed by atoms with Crippen LogP contribution in [0.15, 0.2) is 0 Å². The minimum absolute atomic E-state index is 0. The Morgan fingerprint density at radius 3 is 1.38 bits per heavy atom. The molecule has 0 aromatic heterocycles. The lowest BCUT2D eigenvalue weighted by Crippen LogP contribution is -2.42. The van der Waals surface area contributed by atoms with Crippen molar-refractivity contribution in [1.29, 1.82) is 0 Å². The standard InChI is InChI=1S/C2H6O.ClO3.H3N/c1-2-3;2-1(3)4;/h3H,2H2,1H3;;1H3/q;-1;/p+1. The molecule has 0 rings (SSSR count). The highest BCUT2D eigenvalue weighted by Gasteiger charge is 1.60. The molecular weight excluding hydrogens is 137 g/mol. The van der Waals surface area contributed by atoms with Gasteiger partial charge in [-0.1, -0.05) is 0 Å². The fraction of sp³-hybridized carbons (Fsp3) is 1.00. The van der Waals surface area contributed by atoms with Crippen molar-refractivity contribution >= 4 is 0 Å². The third-order valence-electron chi connectivity index (χ3n) is 0. The highest BCUT2D eigenvalue weighted by molar-refractivity contribution is 3.84. The van der Waals surface area contributed by atoms with Crippen LogP contribution >= 0.6 is 0 Å². The Morgan fingerprint density at radius 1 is 1.38 bits per heavy atom. The predicted molar refractivity (Wildman–Crippen MR) is 18.7 cm³/mol. The van der Waals surface area contributed by atoms with Gasteiger partial charge in [0.1, 0.15) is 0 Å². The Kier molecular flexibility index (Phi) is 30.8. The summed E-state index contributed by atoms with van der Waals surface area (Å²) in [5, 5.41) is 7.57. The minimum Gasteiger partial charge on any atom is -0.397 e. The van der Waals surface area contributed by atoms with E-state index in [2.05, 4.69) is 0 Å². The lowest BCUT2D eigenvalue weighted by molar-refractivity contribution is -1.73. The van der Waals surface area contributed by atoms with E-state index < -0.39 is 10.8 Å². The summed E-state index contributed by atoms with van der Waals surface area (Å²) < 4.78 is 25.2. The van der Waals surface area contributed by atoms with Crippen molar-refractivity contribution in [2.75, 3.05) is 6.61 Å². The van der Waals surface area contributed by atoms with E-state index in [1.807, 2.05) is 0 Å². The van der Waals surface area contributed by atoms with E-state index in [1.54, 1.807) is 6.92 Å². The minimum atomic E-state index is -2.85. The van der Waals surface area contributed by atoms with E-state index in [-0.39, 0.29) is 12.8 Å². The summed E-state index contributed by atoms with van der Waals surface area (Å²) in [5.41, 5.74) is 0. The summed E-state index contributed by atoms with van der Waals surface area (Å²) >= 11 is 0. The molecule has 0 radical (unpaired) electrons. The highest BCUT2D eigenvalue weighted by Crippen LogP contribution is 1.30. The summed E-state index contributed by atoms with van der Waals surface area (Å²) in [4.78, 5) is 0. The van der Waals surface area contributed by atoms with Gasteiger partial charge in [0.05, 0.1) is 10.8 Å². The maximum Gasteiger partial charge on any atom is 0.0695 e. The van der Waals surface area contributed by atoms with Gasteiger partial charge in [0.15, 0.2) is 0 Å². The van der Waals surface area contributed by atoms with Crippen LogP contribution in [0.5, 0.6) is 0 Å². The smallest absolute Gasteiger partial charge is 0.0695 e. The van der Waals surface area contributed by atoms with Gasteiger partial charge in [-0.3, -0.25) is 0 Å². The highest BCUT2D eigenvalue weighted by atomic mass is 35.6. The van der Waals surface area contributed by atoms with Gasteiger partial charge >= 0.3 is 0 Å². The van der Waals surface area contributed by atoms with Crippen molar-refractivity contribution in [2.45, 2.75) is 6.92 Å². The van der Waals surface area contributed by atoms with Crippen molar-refractivity contribution in [3.8, 4) is 0 Å². The Balaban J connectivity index is -0.0000000575. The Hall–Kier alpha value is 0.0900. The number of halogens is 1. The second-order valence-corrected chi connectivity index (χ2v) is 0.883. The first-order chi connectivity index (χ1) is 3.15. The van der Waals surface area contributed by atoms with Crippen LogP contribution in [-0.4, -0.2) is 11.7 Å². The molecule has 0 unspecified atom stereocenters. The first-order valence-electron chi connectivity index (χ1n) is 1.49. The molecule has 0 aromatic rings. The molecule has 0 fully saturated rings. The topological polar surface area (TPSA) is 126 Å². The molecule has 6 heteroatoms. The van der Waals surface area contributed by atoms with E-state index >= 15 is 0 Å². The maximum atomic E-state index is 8.41. The zero-order valence-corrected chi connectivity index (χ0v) is 5.51. The average Bonchev–Trinajstić information content (AvgIpc) is 1.33.